The van der Waals surface area contributed by atoms with Crippen molar-refractivity contribution >= 4 is 21.4 Å². The van der Waals surface area contributed by atoms with E-state index in [2.05, 4.69) is 15.1 Å². The van der Waals surface area contributed by atoms with Gasteiger partial charge < -0.3 is 5.32 Å². The van der Waals surface area contributed by atoms with Gasteiger partial charge in [-0.15, -0.1) is 0 Å². The second-order valence-corrected chi connectivity index (χ2v) is 6.59. The maximum Gasteiger partial charge on any atom is 0.264 e. The Balaban J connectivity index is 2.29. The summed E-state index contributed by atoms with van der Waals surface area (Å²) < 4.78 is 29.2. The van der Waals surface area contributed by atoms with Gasteiger partial charge in [-0.1, -0.05) is 12.1 Å². The van der Waals surface area contributed by atoms with E-state index in [0.29, 0.717) is 17.9 Å². The van der Waals surface area contributed by atoms with Gasteiger partial charge in [0.05, 0.1) is 17.6 Å². The third-order valence-electron chi connectivity index (χ3n) is 2.93. The Morgan fingerprint density at radius 2 is 2.00 bits per heavy atom. The van der Waals surface area contributed by atoms with Crippen molar-refractivity contribution in [2.75, 3.05) is 16.6 Å². The van der Waals surface area contributed by atoms with Crippen LogP contribution in [0.3, 0.4) is 0 Å². The molecule has 0 atom stereocenters. The molecule has 0 aliphatic carbocycles. The third-order valence-corrected chi connectivity index (χ3v) is 4.37. The van der Waals surface area contributed by atoms with Gasteiger partial charge in [0.15, 0.2) is 0 Å². The number of sulfonamides is 1. The number of nitrogens with one attached hydrogen (secondary N) is 2. The van der Waals surface area contributed by atoms with Crippen LogP contribution >= 0.6 is 0 Å². The Labute approximate surface area is 125 Å². The van der Waals surface area contributed by atoms with Crippen molar-refractivity contribution < 1.29 is 8.42 Å². The topological polar surface area (TPSA) is 76.0 Å². The molecule has 114 valence electrons. The van der Waals surface area contributed by atoms with Crippen LogP contribution in [0.5, 0.6) is 0 Å². The molecule has 0 aliphatic rings. The SMILES string of the molecule is CCNc1ccccc1S(=O)(=O)Nc1cnn(C(C)C)c1. The average Bonchev–Trinajstić information content (AvgIpc) is 2.87. The monoisotopic (exact) mass is 308 g/mol. The first-order chi connectivity index (χ1) is 9.94. The molecule has 1 aromatic heterocycles. The highest BCUT2D eigenvalue weighted by atomic mass is 32.2. The van der Waals surface area contributed by atoms with Crippen molar-refractivity contribution in [2.45, 2.75) is 31.7 Å². The molecule has 2 aromatic rings. The van der Waals surface area contributed by atoms with Crippen LogP contribution in [0.25, 0.3) is 0 Å². The lowest BCUT2D eigenvalue weighted by Crippen LogP contribution is -2.15. The number of hydrogen-bond donors (Lipinski definition) is 2. The van der Waals surface area contributed by atoms with Gasteiger partial charge in [0.25, 0.3) is 10.0 Å². The normalized spacial score (nSPS) is 11.6. The van der Waals surface area contributed by atoms with Crippen LogP contribution in [0.2, 0.25) is 0 Å². The van der Waals surface area contributed by atoms with Crippen LogP contribution in [0.15, 0.2) is 41.6 Å². The number of rotatable bonds is 6. The average molecular weight is 308 g/mol. The number of aromatic nitrogens is 2. The zero-order chi connectivity index (χ0) is 15.5. The molecule has 0 aliphatic heterocycles. The molecule has 0 saturated heterocycles. The van der Waals surface area contributed by atoms with E-state index >= 15 is 0 Å². The van der Waals surface area contributed by atoms with Crippen molar-refractivity contribution in [2.24, 2.45) is 0 Å². The number of anilines is 2. The zero-order valence-electron chi connectivity index (χ0n) is 12.4. The molecule has 0 spiro atoms. The molecule has 1 heterocycles. The van der Waals surface area contributed by atoms with E-state index in [1.165, 1.54) is 6.20 Å². The van der Waals surface area contributed by atoms with Crippen molar-refractivity contribution in [3.8, 4) is 0 Å². The molecule has 0 amide bonds. The Morgan fingerprint density at radius 3 is 2.62 bits per heavy atom. The summed E-state index contributed by atoms with van der Waals surface area (Å²) in [6, 6.07) is 7.00. The van der Waals surface area contributed by atoms with E-state index in [0.717, 1.165) is 0 Å². The molecule has 0 unspecified atom stereocenters. The zero-order valence-corrected chi connectivity index (χ0v) is 13.2. The highest BCUT2D eigenvalue weighted by molar-refractivity contribution is 7.92. The molecule has 2 rings (SSSR count). The molecule has 6 nitrogen and oxygen atoms in total. The van der Waals surface area contributed by atoms with Crippen LogP contribution < -0.4 is 10.0 Å². The van der Waals surface area contributed by atoms with Gasteiger partial charge in [0.2, 0.25) is 0 Å². The molecule has 1 aromatic carbocycles. The summed E-state index contributed by atoms with van der Waals surface area (Å²) in [4.78, 5) is 0.226. The van der Waals surface area contributed by atoms with Gasteiger partial charge in [0.1, 0.15) is 4.90 Å². The minimum atomic E-state index is -3.64. The van der Waals surface area contributed by atoms with Crippen molar-refractivity contribution in [1.82, 2.24) is 9.78 Å². The predicted octanol–water partition coefficient (Wildman–Crippen LogP) is 2.70. The first-order valence-electron chi connectivity index (χ1n) is 6.84. The van der Waals surface area contributed by atoms with E-state index in [-0.39, 0.29) is 10.9 Å². The number of para-hydroxylation sites is 1. The minimum Gasteiger partial charge on any atom is -0.384 e. The molecule has 2 N–H and O–H groups in total. The van der Waals surface area contributed by atoms with Crippen LogP contribution in [0.1, 0.15) is 26.8 Å². The van der Waals surface area contributed by atoms with E-state index in [1.807, 2.05) is 20.8 Å². The quantitative estimate of drug-likeness (QED) is 0.860. The molecule has 0 radical (unpaired) electrons. The summed E-state index contributed by atoms with van der Waals surface area (Å²) in [6.45, 7) is 6.53. The molecule has 0 bridgehead atoms. The van der Waals surface area contributed by atoms with Gasteiger partial charge in [-0.05, 0) is 32.9 Å². The Morgan fingerprint density at radius 1 is 1.29 bits per heavy atom. The fourth-order valence-corrected chi connectivity index (χ4v) is 3.13. The fourth-order valence-electron chi connectivity index (χ4n) is 1.92. The van der Waals surface area contributed by atoms with Crippen molar-refractivity contribution in [3.63, 3.8) is 0 Å². The summed E-state index contributed by atoms with van der Waals surface area (Å²) in [6.07, 6.45) is 3.19. The summed E-state index contributed by atoms with van der Waals surface area (Å²) in [5.74, 6) is 0. The second kappa shape index (κ2) is 6.17. The molecule has 21 heavy (non-hydrogen) atoms. The number of benzene rings is 1. The smallest absolute Gasteiger partial charge is 0.264 e. The fraction of sp³-hybridized carbons (Fsp3) is 0.357. The van der Waals surface area contributed by atoms with Crippen LogP contribution in [0, 0.1) is 0 Å². The molecular formula is C14H20N4O2S. The minimum absolute atomic E-state index is 0.178. The first-order valence-corrected chi connectivity index (χ1v) is 8.32. The van der Waals surface area contributed by atoms with Gasteiger partial charge in [-0.25, -0.2) is 8.42 Å². The largest absolute Gasteiger partial charge is 0.384 e. The highest BCUT2D eigenvalue weighted by Crippen LogP contribution is 2.23. The van der Waals surface area contributed by atoms with Crippen LogP contribution in [-0.2, 0) is 10.0 Å². The van der Waals surface area contributed by atoms with Gasteiger partial charge in [0, 0.05) is 18.8 Å². The summed E-state index contributed by atoms with van der Waals surface area (Å²) >= 11 is 0. The summed E-state index contributed by atoms with van der Waals surface area (Å²) in [7, 11) is -3.64. The van der Waals surface area contributed by atoms with Crippen LogP contribution in [0.4, 0.5) is 11.4 Å². The lowest BCUT2D eigenvalue weighted by Gasteiger charge is -2.12. The number of hydrogen-bond acceptors (Lipinski definition) is 4. The molecule has 0 fully saturated rings. The van der Waals surface area contributed by atoms with Crippen LogP contribution in [-0.4, -0.2) is 24.7 Å². The summed E-state index contributed by atoms with van der Waals surface area (Å²) in [5.41, 5.74) is 1.04. The van der Waals surface area contributed by atoms with E-state index in [9.17, 15) is 8.42 Å². The Kier molecular flexibility index (Phi) is 4.52. The van der Waals surface area contributed by atoms with Gasteiger partial charge in [-0.2, -0.15) is 5.10 Å². The first kappa shape index (κ1) is 15.4. The molecule has 0 saturated carbocycles. The van der Waals surface area contributed by atoms with Crippen molar-refractivity contribution in [1.29, 1.82) is 0 Å². The maximum atomic E-state index is 12.5. The van der Waals surface area contributed by atoms with E-state index in [4.69, 9.17) is 0 Å². The Hall–Kier alpha value is -2.02. The standard InChI is InChI=1S/C14H20N4O2S/c1-4-15-13-7-5-6-8-14(13)21(19,20)17-12-9-16-18(10-12)11(2)3/h5-11,15,17H,4H2,1-3H3. The molecular weight excluding hydrogens is 288 g/mol. The number of nitrogens with zero attached hydrogens (tertiary/aromatic N) is 2. The highest BCUT2D eigenvalue weighted by Gasteiger charge is 2.19. The lowest BCUT2D eigenvalue weighted by molar-refractivity contribution is 0.532. The maximum absolute atomic E-state index is 12.5. The lowest BCUT2D eigenvalue weighted by atomic mass is 10.3. The Bertz CT molecular complexity index is 707. The third kappa shape index (κ3) is 3.55. The van der Waals surface area contributed by atoms with Crippen molar-refractivity contribution in [3.05, 3.63) is 36.7 Å². The van der Waals surface area contributed by atoms with E-state index in [1.54, 1.807) is 35.1 Å². The predicted molar refractivity (Wildman–Crippen MR) is 84.0 cm³/mol. The second-order valence-electron chi connectivity index (χ2n) is 4.93. The van der Waals surface area contributed by atoms with Gasteiger partial charge >= 0.3 is 0 Å². The molecule has 7 heteroatoms. The van der Waals surface area contributed by atoms with E-state index < -0.39 is 10.0 Å². The summed E-state index contributed by atoms with van der Waals surface area (Å²) in [5, 5.41) is 7.18. The van der Waals surface area contributed by atoms with Gasteiger partial charge in [-0.3, -0.25) is 9.40 Å².